The number of β-lactam (4-membered cyclic amide) rings is 1. The highest BCUT2D eigenvalue weighted by molar-refractivity contribution is 8.01. The first-order valence-corrected chi connectivity index (χ1v) is 14.9. The number of methoxy groups -OCH3 is 1. The molecule has 41 heavy (non-hydrogen) atoms. The number of hydrogen-bond acceptors (Lipinski definition) is 15. The van der Waals surface area contributed by atoms with E-state index < -0.39 is 40.3 Å². The van der Waals surface area contributed by atoms with Crippen molar-refractivity contribution < 1.29 is 34.2 Å². The highest BCUT2D eigenvalue weighted by atomic mass is 32.2. The molecule has 2 atom stereocenters. The Labute approximate surface area is 245 Å². The van der Waals surface area contributed by atoms with E-state index in [-0.39, 0.29) is 51.5 Å². The topological polar surface area (TPSA) is 224 Å². The molecule has 4 heterocycles. The van der Waals surface area contributed by atoms with Gasteiger partial charge >= 0.3 is 11.5 Å². The third-order valence-electron chi connectivity index (χ3n) is 5.94. The molecule has 16 nitrogen and oxygen atoms in total. The van der Waals surface area contributed by atoms with Gasteiger partial charge in [0, 0.05) is 30.0 Å². The second-order valence-corrected chi connectivity index (χ2v) is 11.7. The predicted molar refractivity (Wildman–Crippen MR) is 149 cm³/mol. The number of carbonyl (C=O) groups is 3. The van der Waals surface area contributed by atoms with E-state index in [1.165, 1.54) is 28.8 Å². The number of oxime groups is 1. The van der Waals surface area contributed by atoms with Crippen molar-refractivity contribution in [3.8, 4) is 5.88 Å². The molecule has 220 valence electrons. The van der Waals surface area contributed by atoms with Gasteiger partial charge in [0.2, 0.25) is 0 Å². The van der Waals surface area contributed by atoms with E-state index in [1.54, 1.807) is 20.8 Å². The van der Waals surface area contributed by atoms with Crippen molar-refractivity contribution in [1.82, 2.24) is 30.0 Å². The number of carboxylic acid groups (broad SMARTS) is 1. The number of hydrogen-bond donors (Lipinski definition) is 4. The standard InChI is InChI=1S/C22H26N8O8S3/c1-5-38-28-12(11-8-40-20(23)24-11)14(31)25-22(37-4)18(36)30-13(17(34)35)10(6-39-19(22)30)7-41-21-27-26-15(32)16(33)29(21)9(2)3/h8-9,19H,5-7H2,1-4H3,(H2,23,24)(H,25,31)(H,26,32)(H,34,35)/b28-12+/t19-,22?/m1/s1. The average Bonchev–Trinajstić information content (AvgIpc) is 3.36. The summed E-state index contributed by atoms with van der Waals surface area (Å²) in [5.74, 6) is -3.53. The zero-order chi connectivity index (χ0) is 30.1. The van der Waals surface area contributed by atoms with Crippen molar-refractivity contribution >= 4 is 63.5 Å². The molecule has 1 fully saturated rings. The van der Waals surface area contributed by atoms with Crippen LogP contribution in [0.1, 0.15) is 32.5 Å². The van der Waals surface area contributed by atoms with Gasteiger partial charge in [0.1, 0.15) is 23.4 Å². The summed E-state index contributed by atoms with van der Waals surface area (Å²) in [6.07, 6.45) is 0. The molecule has 2 aromatic rings. The molecule has 0 radical (unpaired) electrons. The fourth-order valence-electron chi connectivity index (χ4n) is 4.09. The minimum absolute atomic E-state index is 0.0551. The van der Waals surface area contributed by atoms with Crippen LogP contribution in [-0.4, -0.2) is 94.7 Å². The van der Waals surface area contributed by atoms with Crippen molar-refractivity contribution in [2.24, 2.45) is 5.16 Å². The Hall–Kier alpha value is -3.68. The van der Waals surface area contributed by atoms with Crippen molar-refractivity contribution in [2.75, 3.05) is 31.0 Å². The Kier molecular flexibility index (Phi) is 8.90. The lowest BCUT2D eigenvalue weighted by Gasteiger charge is -2.55. The number of nitrogens with two attached hydrogens (primary N) is 1. The summed E-state index contributed by atoms with van der Waals surface area (Å²) in [7, 11) is 1.22. The molecule has 0 aliphatic carbocycles. The number of rotatable bonds is 11. The first kappa shape index (κ1) is 30.3. The highest BCUT2D eigenvalue weighted by Gasteiger charge is 2.66. The zero-order valence-electron chi connectivity index (χ0n) is 22.2. The number of aromatic hydroxyl groups is 1. The number of thioether (sulfide) groups is 2. The van der Waals surface area contributed by atoms with Crippen LogP contribution in [0.25, 0.3) is 0 Å². The third-order valence-corrected chi connectivity index (χ3v) is 9.01. The number of carbonyl (C=O) groups excluding carboxylic acids is 2. The van der Waals surface area contributed by atoms with Gasteiger partial charge in [-0.15, -0.1) is 33.3 Å². The third kappa shape index (κ3) is 5.48. The lowest BCUT2D eigenvalue weighted by molar-refractivity contribution is -0.191. The molecule has 19 heteroatoms. The predicted octanol–water partition coefficient (Wildman–Crippen LogP) is 0.209. The summed E-state index contributed by atoms with van der Waals surface area (Å²) in [5, 5.41) is 34.4. The Morgan fingerprint density at radius 2 is 2.10 bits per heavy atom. The van der Waals surface area contributed by atoms with Crippen molar-refractivity contribution in [2.45, 2.75) is 43.1 Å². The average molecular weight is 627 g/mol. The second-order valence-electron chi connectivity index (χ2n) is 8.78. The maximum Gasteiger partial charge on any atom is 0.352 e. The molecule has 4 rings (SSSR count). The lowest BCUT2D eigenvalue weighted by atomic mass is 9.98. The Bertz CT molecular complexity index is 1510. The monoisotopic (exact) mass is 626 g/mol. The summed E-state index contributed by atoms with van der Waals surface area (Å²) in [6.45, 7) is 5.28. The molecule has 5 N–H and O–H groups in total. The van der Waals surface area contributed by atoms with Crippen LogP contribution in [-0.2, 0) is 24.0 Å². The summed E-state index contributed by atoms with van der Waals surface area (Å²) in [6, 6.07) is -0.357. The smallest absolute Gasteiger partial charge is 0.352 e. The zero-order valence-corrected chi connectivity index (χ0v) is 24.6. The summed E-state index contributed by atoms with van der Waals surface area (Å²) in [5.41, 5.74) is 3.08. The number of nitrogens with one attached hydrogen (secondary N) is 1. The molecular weight excluding hydrogens is 600 g/mol. The largest absolute Gasteiger partial charge is 0.488 e. The summed E-state index contributed by atoms with van der Waals surface area (Å²) in [4.78, 5) is 61.6. The molecule has 0 saturated carbocycles. The van der Waals surface area contributed by atoms with Crippen LogP contribution in [0.5, 0.6) is 5.88 Å². The van der Waals surface area contributed by atoms with Crippen LogP contribution in [0, 0.1) is 0 Å². The van der Waals surface area contributed by atoms with E-state index in [4.69, 9.17) is 15.3 Å². The van der Waals surface area contributed by atoms with E-state index in [1.807, 2.05) is 0 Å². The van der Waals surface area contributed by atoms with Gasteiger partial charge in [-0.05, 0) is 26.3 Å². The number of thiazole rings is 1. The molecule has 1 unspecified atom stereocenters. The van der Waals surface area contributed by atoms with Gasteiger partial charge in [0.15, 0.2) is 16.0 Å². The normalized spacial score (nSPS) is 20.6. The number of aliphatic carboxylic acids is 1. The number of amides is 2. The minimum atomic E-state index is -1.89. The Morgan fingerprint density at radius 3 is 2.68 bits per heavy atom. The molecular formula is C22H26N8O8S3. The first-order chi connectivity index (χ1) is 19.5. The van der Waals surface area contributed by atoms with Crippen molar-refractivity contribution in [1.29, 1.82) is 0 Å². The number of aromatic nitrogens is 4. The first-order valence-electron chi connectivity index (χ1n) is 12.0. The van der Waals surface area contributed by atoms with Crippen LogP contribution >= 0.6 is 34.9 Å². The molecule has 2 amide bonds. The van der Waals surface area contributed by atoms with E-state index in [0.29, 0.717) is 5.57 Å². The number of ether oxygens (including phenoxy) is 1. The van der Waals surface area contributed by atoms with E-state index in [9.17, 15) is 29.4 Å². The van der Waals surface area contributed by atoms with Gasteiger partial charge in [-0.25, -0.2) is 9.78 Å². The number of fused-ring (bicyclic) bond motifs is 1. The van der Waals surface area contributed by atoms with Crippen LogP contribution in [0.2, 0.25) is 0 Å². The number of carboxylic acids is 1. The molecule has 0 spiro atoms. The fourth-order valence-corrected chi connectivity index (χ4v) is 7.28. The molecule has 2 aliphatic heterocycles. The maximum absolute atomic E-state index is 13.5. The Balaban J connectivity index is 1.60. The van der Waals surface area contributed by atoms with E-state index >= 15 is 0 Å². The van der Waals surface area contributed by atoms with Crippen LogP contribution < -0.4 is 16.6 Å². The summed E-state index contributed by atoms with van der Waals surface area (Å²) >= 11 is 3.31. The molecule has 2 aliphatic rings. The van der Waals surface area contributed by atoms with Gasteiger partial charge in [-0.2, -0.15) is 0 Å². The van der Waals surface area contributed by atoms with E-state index in [0.717, 1.165) is 28.0 Å². The van der Waals surface area contributed by atoms with Crippen molar-refractivity contribution in [3.63, 3.8) is 0 Å². The van der Waals surface area contributed by atoms with Gasteiger partial charge in [-0.3, -0.25) is 23.9 Å². The van der Waals surface area contributed by atoms with Gasteiger partial charge < -0.3 is 30.8 Å². The highest BCUT2D eigenvalue weighted by Crippen LogP contribution is 2.47. The van der Waals surface area contributed by atoms with Crippen LogP contribution in [0.4, 0.5) is 5.13 Å². The van der Waals surface area contributed by atoms with Gasteiger partial charge in [0.25, 0.3) is 23.4 Å². The van der Waals surface area contributed by atoms with Crippen LogP contribution in [0.15, 0.2) is 31.8 Å². The molecule has 0 bridgehead atoms. The van der Waals surface area contributed by atoms with Crippen LogP contribution in [0.3, 0.4) is 0 Å². The maximum atomic E-state index is 13.5. The fraction of sp³-hybridized carbons (Fsp3) is 0.455. The van der Waals surface area contributed by atoms with Gasteiger partial charge in [-0.1, -0.05) is 16.9 Å². The van der Waals surface area contributed by atoms with Gasteiger partial charge in [0.05, 0.1) is 0 Å². The lowest BCUT2D eigenvalue weighted by Crippen LogP contribution is -2.81. The SMILES string of the molecule is CCO/N=C(/C(=O)NC1(OC)C(=O)N2C(C(=O)O)=C(CSc3nnc(O)c(=O)n3C(C)C)CS[C@@H]21)c1csc(N)n1. The second kappa shape index (κ2) is 12.0. The molecule has 2 aromatic heterocycles. The van der Waals surface area contributed by atoms with Crippen molar-refractivity contribution in [3.05, 3.63) is 32.7 Å². The minimum Gasteiger partial charge on any atom is -0.488 e. The van der Waals surface area contributed by atoms with E-state index in [2.05, 4.69) is 25.7 Å². The number of nitrogen functional groups attached to an aromatic ring is 1. The quantitative estimate of drug-likeness (QED) is 0.0860. The summed E-state index contributed by atoms with van der Waals surface area (Å²) < 4.78 is 6.74. The number of nitrogens with zero attached hydrogens (tertiary/aromatic N) is 6. The molecule has 1 saturated heterocycles. The number of anilines is 1. The molecule has 0 aromatic carbocycles. The Morgan fingerprint density at radius 1 is 1.37 bits per heavy atom.